The maximum absolute atomic E-state index is 12.9. The molecule has 0 saturated heterocycles. The van der Waals surface area contributed by atoms with Crippen LogP contribution in [-0.2, 0) is 27.9 Å². The number of aliphatic hydroxyl groups is 5. The average molecular weight is 977 g/mol. The summed E-state index contributed by atoms with van der Waals surface area (Å²) in [6.07, 6.45) is 39.9. The lowest BCUT2D eigenvalue weighted by Crippen LogP contribution is -2.64. The highest BCUT2D eigenvalue weighted by molar-refractivity contribution is 7.47. The molecule has 13 heteroatoms. The Bertz CT molecular complexity index is 1160. The first kappa shape index (κ1) is 64.1. The van der Waals surface area contributed by atoms with E-state index in [0.717, 1.165) is 38.5 Å². The van der Waals surface area contributed by atoms with Gasteiger partial charge in [-0.25, -0.2) is 4.57 Å². The Hall–Kier alpha value is -0.920. The van der Waals surface area contributed by atoms with Gasteiger partial charge in [0.15, 0.2) is 0 Å². The van der Waals surface area contributed by atoms with Crippen LogP contribution < -0.4 is 0 Å². The van der Waals surface area contributed by atoms with Crippen LogP contribution in [0.3, 0.4) is 0 Å². The highest BCUT2D eigenvalue weighted by Gasteiger charge is 2.51. The highest BCUT2D eigenvalue weighted by atomic mass is 31.2. The van der Waals surface area contributed by atoms with Gasteiger partial charge in [-0.2, -0.15) is 0 Å². The summed E-state index contributed by atoms with van der Waals surface area (Å²) in [4.78, 5) is 23.3. The first-order valence-corrected chi connectivity index (χ1v) is 29.5. The molecule has 1 aliphatic rings. The van der Waals surface area contributed by atoms with E-state index in [1.165, 1.54) is 199 Å². The number of ether oxygens (including phenoxy) is 2. The summed E-state index contributed by atoms with van der Waals surface area (Å²) in [6, 6.07) is 0. The van der Waals surface area contributed by atoms with Crippen molar-refractivity contribution in [2.75, 3.05) is 19.8 Å². The zero-order chi connectivity index (χ0) is 49.1. The second kappa shape index (κ2) is 45.0. The van der Waals surface area contributed by atoms with Gasteiger partial charge >= 0.3 is 13.8 Å². The van der Waals surface area contributed by atoms with Gasteiger partial charge < -0.3 is 39.9 Å². The first-order valence-electron chi connectivity index (χ1n) is 28.0. The van der Waals surface area contributed by atoms with E-state index in [1.807, 2.05) is 0 Å². The summed E-state index contributed by atoms with van der Waals surface area (Å²) in [6.45, 7) is 4.31. The standard InChI is InChI=1S/C54H105O12P/c1-3-5-7-9-11-13-15-17-19-21-23-24-25-27-29-31-33-35-37-39-41-43-48(55)65-47(46-64-67(61,62)66-54-52(59)50(57)49(56)51(58)53(54)60)45-63-44-42-40-38-36-34-32-30-28-26-22-20-18-16-14-12-10-8-6-4-2/h20,22,47,49-54,56-60H,3-19,21,23-46H2,1-2H3,(H,61,62)/b22-20-. The summed E-state index contributed by atoms with van der Waals surface area (Å²) in [5.74, 6) is -0.471. The second-order valence-electron chi connectivity index (χ2n) is 19.8. The number of rotatable bonds is 49. The lowest BCUT2D eigenvalue weighted by molar-refractivity contribution is -0.220. The first-order chi connectivity index (χ1) is 32.5. The summed E-state index contributed by atoms with van der Waals surface area (Å²) >= 11 is 0. The van der Waals surface area contributed by atoms with Crippen molar-refractivity contribution in [2.24, 2.45) is 0 Å². The zero-order valence-corrected chi connectivity index (χ0v) is 43.9. The van der Waals surface area contributed by atoms with Gasteiger partial charge in [0.25, 0.3) is 0 Å². The van der Waals surface area contributed by atoms with Crippen molar-refractivity contribution < 1.29 is 58.3 Å². The molecule has 1 fully saturated rings. The van der Waals surface area contributed by atoms with Gasteiger partial charge in [-0.05, 0) is 38.5 Å². The minimum absolute atomic E-state index is 0.0726. The van der Waals surface area contributed by atoms with Crippen LogP contribution >= 0.6 is 7.82 Å². The molecular weight excluding hydrogens is 872 g/mol. The normalized spacial score (nSPS) is 21.3. The average Bonchev–Trinajstić information content (AvgIpc) is 3.31. The summed E-state index contributed by atoms with van der Waals surface area (Å²) in [5, 5.41) is 50.4. The number of carbonyl (C=O) groups is 1. The van der Waals surface area contributed by atoms with Gasteiger partial charge in [-0.15, -0.1) is 0 Å². The van der Waals surface area contributed by atoms with Gasteiger partial charge in [0.05, 0.1) is 13.2 Å². The number of allylic oxidation sites excluding steroid dienone is 2. The smallest absolute Gasteiger partial charge is 0.457 e. The van der Waals surface area contributed by atoms with E-state index in [0.29, 0.717) is 13.0 Å². The summed E-state index contributed by atoms with van der Waals surface area (Å²) in [7, 11) is -5.02. The molecule has 12 nitrogen and oxygen atoms in total. The lowest BCUT2D eigenvalue weighted by Gasteiger charge is -2.41. The Morgan fingerprint density at radius 2 is 0.791 bits per heavy atom. The molecule has 1 saturated carbocycles. The van der Waals surface area contributed by atoms with Crippen molar-refractivity contribution in [1.82, 2.24) is 0 Å². The molecule has 1 aliphatic carbocycles. The third-order valence-corrected chi connectivity index (χ3v) is 14.4. The van der Waals surface area contributed by atoms with Crippen LogP contribution in [0.15, 0.2) is 12.2 Å². The maximum Gasteiger partial charge on any atom is 0.472 e. The predicted octanol–water partition coefficient (Wildman–Crippen LogP) is 13.0. The summed E-state index contributed by atoms with van der Waals surface area (Å²) in [5.41, 5.74) is 0. The highest BCUT2D eigenvalue weighted by Crippen LogP contribution is 2.47. The van der Waals surface area contributed by atoms with E-state index in [9.17, 15) is 39.8 Å². The number of phosphoric acid groups is 1. The molecule has 6 N–H and O–H groups in total. The molecule has 67 heavy (non-hydrogen) atoms. The molecule has 0 heterocycles. The molecule has 0 aromatic heterocycles. The number of hydrogen-bond acceptors (Lipinski definition) is 11. The Labute approximate surface area is 409 Å². The predicted molar refractivity (Wildman–Crippen MR) is 272 cm³/mol. The Balaban J connectivity index is 2.29. The van der Waals surface area contributed by atoms with Gasteiger partial charge in [0.1, 0.15) is 42.7 Å². The topological polar surface area (TPSA) is 192 Å². The van der Waals surface area contributed by atoms with Crippen LogP contribution in [-0.4, -0.2) is 98.9 Å². The minimum Gasteiger partial charge on any atom is -0.457 e. The van der Waals surface area contributed by atoms with Crippen LogP contribution in [0.25, 0.3) is 0 Å². The Kier molecular flexibility index (Phi) is 43.0. The SMILES string of the molecule is CCCCCCCCC/C=C\CCCCCCCCCCOCC(COP(=O)(O)OC1C(O)C(O)C(O)C(O)C1O)OC(=O)CCCCCCCCCCCCCCCCCCCCCCC. The maximum atomic E-state index is 12.9. The van der Waals surface area contributed by atoms with Crippen molar-refractivity contribution in [3.05, 3.63) is 12.2 Å². The third-order valence-electron chi connectivity index (χ3n) is 13.4. The van der Waals surface area contributed by atoms with Crippen LogP contribution in [0.2, 0.25) is 0 Å². The molecular formula is C54H105O12P. The fourth-order valence-corrected chi connectivity index (χ4v) is 9.91. The number of hydrogen-bond donors (Lipinski definition) is 6. The van der Waals surface area contributed by atoms with Crippen molar-refractivity contribution in [1.29, 1.82) is 0 Å². The summed E-state index contributed by atoms with van der Waals surface area (Å²) < 4.78 is 34.4. The fourth-order valence-electron chi connectivity index (χ4n) is 8.94. The van der Waals surface area contributed by atoms with E-state index < -0.39 is 63.1 Å². The molecule has 398 valence electrons. The lowest BCUT2D eigenvalue weighted by atomic mass is 9.85. The van der Waals surface area contributed by atoms with E-state index in [4.69, 9.17) is 18.5 Å². The van der Waals surface area contributed by atoms with E-state index in [1.54, 1.807) is 0 Å². The van der Waals surface area contributed by atoms with Gasteiger partial charge in [-0.3, -0.25) is 13.8 Å². The van der Waals surface area contributed by atoms with Crippen LogP contribution in [0.5, 0.6) is 0 Å². The van der Waals surface area contributed by atoms with Crippen LogP contribution in [0, 0.1) is 0 Å². The quantitative estimate of drug-likeness (QED) is 0.0146. The molecule has 6 atom stereocenters. The molecule has 1 rings (SSSR count). The number of unbranched alkanes of at least 4 members (excludes halogenated alkanes) is 35. The van der Waals surface area contributed by atoms with Gasteiger partial charge in [-0.1, -0.05) is 231 Å². The largest absolute Gasteiger partial charge is 0.472 e. The van der Waals surface area contributed by atoms with E-state index in [-0.39, 0.29) is 13.0 Å². The zero-order valence-electron chi connectivity index (χ0n) is 43.0. The van der Waals surface area contributed by atoms with Crippen LogP contribution in [0.1, 0.15) is 264 Å². The number of carbonyl (C=O) groups excluding carboxylic acids is 1. The monoisotopic (exact) mass is 977 g/mol. The van der Waals surface area contributed by atoms with E-state index >= 15 is 0 Å². The number of aliphatic hydroxyl groups excluding tert-OH is 5. The number of phosphoric ester groups is 1. The van der Waals surface area contributed by atoms with Crippen molar-refractivity contribution in [3.8, 4) is 0 Å². The molecule has 0 spiro atoms. The molecule has 0 radical (unpaired) electrons. The molecule has 0 bridgehead atoms. The Morgan fingerprint density at radius 3 is 1.18 bits per heavy atom. The second-order valence-corrected chi connectivity index (χ2v) is 21.2. The molecule has 0 amide bonds. The van der Waals surface area contributed by atoms with Gasteiger partial charge in [0.2, 0.25) is 0 Å². The molecule has 6 unspecified atom stereocenters. The third kappa shape index (κ3) is 36.6. The van der Waals surface area contributed by atoms with Gasteiger partial charge in [0, 0.05) is 13.0 Å². The molecule has 0 aromatic rings. The van der Waals surface area contributed by atoms with Crippen LogP contribution in [0.4, 0.5) is 0 Å². The molecule has 0 aliphatic heterocycles. The minimum atomic E-state index is -5.02. The Morgan fingerprint density at radius 1 is 0.463 bits per heavy atom. The van der Waals surface area contributed by atoms with E-state index in [2.05, 4.69) is 26.0 Å². The fraction of sp³-hybridized carbons (Fsp3) is 0.944. The molecule has 0 aromatic carbocycles. The van der Waals surface area contributed by atoms with Crippen molar-refractivity contribution in [2.45, 2.75) is 307 Å². The van der Waals surface area contributed by atoms with Crippen molar-refractivity contribution >= 4 is 13.8 Å². The van der Waals surface area contributed by atoms with Crippen molar-refractivity contribution in [3.63, 3.8) is 0 Å². The number of esters is 1.